The van der Waals surface area contributed by atoms with Crippen molar-refractivity contribution in [2.45, 2.75) is 64.1 Å². The molecule has 0 saturated carbocycles. The number of carbonyl (C=O) groups excluding carboxylic acids is 1. The number of rotatable bonds is 5. The van der Waals surface area contributed by atoms with Gasteiger partial charge >= 0.3 is 0 Å². The summed E-state index contributed by atoms with van der Waals surface area (Å²) in [5.41, 5.74) is 5.97. The van der Waals surface area contributed by atoms with E-state index in [1.54, 1.807) is 0 Å². The van der Waals surface area contributed by atoms with Crippen molar-refractivity contribution in [1.82, 2.24) is 15.1 Å². The van der Waals surface area contributed by atoms with Gasteiger partial charge in [-0.3, -0.25) is 4.79 Å². The molecule has 0 aromatic carbocycles. The molecule has 0 aromatic rings. The number of hydrogen-bond donors (Lipinski definition) is 2. The number of likely N-dealkylation sites (tertiary alicyclic amines) is 2. The van der Waals surface area contributed by atoms with E-state index in [-0.39, 0.29) is 11.9 Å². The van der Waals surface area contributed by atoms with Gasteiger partial charge in [-0.1, -0.05) is 13.8 Å². The Morgan fingerprint density at radius 3 is 2.27 bits per heavy atom. The largest absolute Gasteiger partial charge is 0.352 e. The van der Waals surface area contributed by atoms with Crippen LogP contribution in [0, 0.1) is 5.92 Å². The molecule has 128 valence electrons. The van der Waals surface area contributed by atoms with Crippen LogP contribution in [0.1, 0.15) is 46.0 Å². The molecule has 2 rings (SSSR count). The molecule has 2 fully saturated rings. The minimum atomic E-state index is -0.355. The van der Waals surface area contributed by atoms with E-state index >= 15 is 0 Å². The lowest BCUT2D eigenvalue weighted by Crippen LogP contribution is -2.52. The second kappa shape index (κ2) is 8.27. The van der Waals surface area contributed by atoms with Crippen LogP contribution in [0.15, 0.2) is 0 Å². The van der Waals surface area contributed by atoms with Gasteiger partial charge in [0.2, 0.25) is 5.91 Å². The van der Waals surface area contributed by atoms with Gasteiger partial charge in [-0.2, -0.15) is 0 Å². The Morgan fingerprint density at radius 2 is 1.73 bits per heavy atom. The molecule has 1 amide bonds. The first kappa shape index (κ1) is 17.7. The number of nitrogens with one attached hydrogen (secondary N) is 1. The maximum absolute atomic E-state index is 12.1. The second-order valence-corrected chi connectivity index (χ2v) is 7.59. The molecule has 0 aliphatic carbocycles. The Balaban J connectivity index is 1.69. The molecule has 5 heteroatoms. The van der Waals surface area contributed by atoms with Gasteiger partial charge in [0.15, 0.2) is 0 Å². The van der Waals surface area contributed by atoms with Crippen LogP contribution in [0.2, 0.25) is 0 Å². The summed E-state index contributed by atoms with van der Waals surface area (Å²) in [4.78, 5) is 17.2. The molecule has 0 unspecified atom stereocenters. The van der Waals surface area contributed by atoms with Crippen molar-refractivity contribution < 1.29 is 4.79 Å². The standard InChI is InChI=1S/C17H34N4O/c1-13(2)12-16(18)17(22)19-14-4-10-21(11-5-14)15-6-8-20(3)9-7-15/h13-16H,4-12,18H2,1-3H3,(H,19,22)/t16-/m0/s1. The first-order valence-corrected chi connectivity index (χ1v) is 8.94. The topological polar surface area (TPSA) is 61.6 Å². The highest BCUT2D eigenvalue weighted by atomic mass is 16.2. The molecule has 2 aliphatic rings. The summed E-state index contributed by atoms with van der Waals surface area (Å²) in [5, 5.41) is 3.16. The van der Waals surface area contributed by atoms with Gasteiger partial charge < -0.3 is 20.9 Å². The fourth-order valence-corrected chi connectivity index (χ4v) is 3.69. The van der Waals surface area contributed by atoms with Crippen LogP contribution in [0.4, 0.5) is 0 Å². The molecule has 2 aliphatic heterocycles. The lowest BCUT2D eigenvalue weighted by atomic mass is 9.97. The average Bonchev–Trinajstić information content (AvgIpc) is 2.48. The van der Waals surface area contributed by atoms with Gasteiger partial charge in [-0.25, -0.2) is 0 Å². The van der Waals surface area contributed by atoms with Gasteiger partial charge in [-0.15, -0.1) is 0 Å². The Bertz CT molecular complexity index is 345. The molecule has 1 atom stereocenters. The van der Waals surface area contributed by atoms with Crippen molar-refractivity contribution in [3.05, 3.63) is 0 Å². The summed E-state index contributed by atoms with van der Waals surface area (Å²) in [5.74, 6) is 0.499. The molecule has 3 N–H and O–H groups in total. The Hall–Kier alpha value is -0.650. The molecular weight excluding hydrogens is 276 g/mol. The maximum atomic E-state index is 12.1. The van der Waals surface area contributed by atoms with E-state index < -0.39 is 0 Å². The lowest BCUT2D eigenvalue weighted by molar-refractivity contribution is -0.123. The highest BCUT2D eigenvalue weighted by Crippen LogP contribution is 2.20. The summed E-state index contributed by atoms with van der Waals surface area (Å²) in [6.07, 6.45) is 5.46. The van der Waals surface area contributed by atoms with E-state index in [4.69, 9.17) is 5.73 Å². The quantitative estimate of drug-likeness (QED) is 0.796. The number of piperidine rings is 2. The lowest BCUT2D eigenvalue weighted by Gasteiger charge is -2.41. The summed E-state index contributed by atoms with van der Waals surface area (Å²) in [7, 11) is 2.21. The van der Waals surface area contributed by atoms with Crippen molar-refractivity contribution in [1.29, 1.82) is 0 Å². The third kappa shape index (κ3) is 5.21. The first-order chi connectivity index (χ1) is 10.5. The summed E-state index contributed by atoms with van der Waals surface area (Å²) in [6, 6.07) is 0.705. The average molecular weight is 310 g/mol. The Kier molecular flexibility index (Phi) is 6.66. The number of carbonyl (C=O) groups is 1. The van der Waals surface area contributed by atoms with Gasteiger partial charge in [0.1, 0.15) is 0 Å². The van der Waals surface area contributed by atoms with Crippen molar-refractivity contribution >= 4 is 5.91 Å². The number of nitrogens with zero attached hydrogens (tertiary/aromatic N) is 2. The van der Waals surface area contributed by atoms with Crippen LogP contribution in [0.5, 0.6) is 0 Å². The summed E-state index contributed by atoms with van der Waals surface area (Å²) >= 11 is 0. The zero-order valence-corrected chi connectivity index (χ0v) is 14.6. The van der Waals surface area contributed by atoms with E-state index in [2.05, 4.69) is 36.0 Å². The minimum Gasteiger partial charge on any atom is -0.352 e. The number of hydrogen-bond acceptors (Lipinski definition) is 4. The van der Waals surface area contributed by atoms with Crippen LogP contribution in [-0.4, -0.2) is 67.1 Å². The van der Waals surface area contributed by atoms with E-state index in [1.165, 1.54) is 25.9 Å². The van der Waals surface area contributed by atoms with Gasteiger partial charge in [0.25, 0.3) is 0 Å². The van der Waals surface area contributed by atoms with Crippen LogP contribution in [0.25, 0.3) is 0 Å². The maximum Gasteiger partial charge on any atom is 0.237 e. The molecule has 0 spiro atoms. The highest BCUT2D eigenvalue weighted by molar-refractivity contribution is 5.81. The molecular formula is C17H34N4O. The molecule has 0 aromatic heterocycles. The van der Waals surface area contributed by atoms with Crippen LogP contribution in [0.3, 0.4) is 0 Å². The predicted octanol–water partition coefficient (Wildman–Crippen LogP) is 1.03. The van der Waals surface area contributed by atoms with E-state index in [0.29, 0.717) is 12.0 Å². The Labute approximate surface area is 135 Å². The van der Waals surface area contributed by atoms with Crippen molar-refractivity contribution in [3.63, 3.8) is 0 Å². The zero-order chi connectivity index (χ0) is 16.1. The smallest absolute Gasteiger partial charge is 0.237 e. The third-order valence-electron chi connectivity index (χ3n) is 5.14. The van der Waals surface area contributed by atoms with Crippen molar-refractivity contribution in [2.75, 3.05) is 33.2 Å². The van der Waals surface area contributed by atoms with Crippen LogP contribution >= 0.6 is 0 Å². The highest BCUT2D eigenvalue weighted by Gasteiger charge is 2.28. The molecule has 0 radical (unpaired) electrons. The van der Waals surface area contributed by atoms with E-state index in [1.807, 2.05) is 0 Å². The fourth-order valence-electron chi connectivity index (χ4n) is 3.69. The molecule has 0 bridgehead atoms. The normalized spacial score (nSPS) is 24.6. The fraction of sp³-hybridized carbons (Fsp3) is 0.941. The molecule has 5 nitrogen and oxygen atoms in total. The van der Waals surface area contributed by atoms with Crippen molar-refractivity contribution in [2.24, 2.45) is 11.7 Å². The molecule has 2 heterocycles. The molecule has 2 saturated heterocycles. The van der Waals surface area contributed by atoms with Crippen LogP contribution < -0.4 is 11.1 Å². The minimum absolute atomic E-state index is 0.0337. The zero-order valence-electron chi connectivity index (χ0n) is 14.6. The van der Waals surface area contributed by atoms with Gasteiger partial charge in [0.05, 0.1) is 6.04 Å². The Morgan fingerprint density at radius 1 is 1.14 bits per heavy atom. The summed E-state index contributed by atoms with van der Waals surface area (Å²) < 4.78 is 0. The van der Waals surface area contributed by atoms with Crippen molar-refractivity contribution in [3.8, 4) is 0 Å². The van der Waals surface area contributed by atoms with Gasteiger partial charge in [0, 0.05) is 25.2 Å². The number of amides is 1. The number of nitrogens with two attached hydrogens (primary N) is 1. The SMILES string of the molecule is CC(C)C[C@H](N)C(=O)NC1CCN(C2CCN(C)CC2)CC1. The van der Waals surface area contributed by atoms with E-state index in [0.717, 1.165) is 38.4 Å². The van der Waals surface area contributed by atoms with Gasteiger partial charge in [-0.05, 0) is 58.2 Å². The van der Waals surface area contributed by atoms with Crippen LogP contribution in [-0.2, 0) is 4.79 Å². The predicted molar refractivity (Wildman–Crippen MR) is 90.7 cm³/mol. The molecule has 22 heavy (non-hydrogen) atoms. The summed E-state index contributed by atoms with van der Waals surface area (Å²) in [6.45, 7) is 8.86. The first-order valence-electron chi connectivity index (χ1n) is 8.94. The second-order valence-electron chi connectivity index (χ2n) is 7.59. The third-order valence-corrected chi connectivity index (χ3v) is 5.14. The van der Waals surface area contributed by atoms with E-state index in [9.17, 15) is 4.79 Å². The monoisotopic (exact) mass is 310 g/mol.